The molecule has 0 aliphatic rings. The Morgan fingerprint density at radius 3 is 2.48 bits per heavy atom. The van der Waals surface area contributed by atoms with E-state index >= 15 is 0 Å². The quantitative estimate of drug-likeness (QED) is 0.266. The summed E-state index contributed by atoms with van der Waals surface area (Å²) in [6.45, 7) is 5.51. The summed E-state index contributed by atoms with van der Waals surface area (Å²) in [5, 5.41) is 18.7. The van der Waals surface area contributed by atoms with Crippen LogP contribution < -0.4 is 4.74 Å². The van der Waals surface area contributed by atoms with E-state index in [0.717, 1.165) is 0 Å². The summed E-state index contributed by atoms with van der Waals surface area (Å²) in [4.78, 5) is 26.4. The van der Waals surface area contributed by atoms with Crippen LogP contribution in [0, 0.1) is 15.5 Å². The summed E-state index contributed by atoms with van der Waals surface area (Å²) in [6.07, 6.45) is 1.31. The van der Waals surface area contributed by atoms with E-state index in [1.807, 2.05) is 20.8 Å². The first kappa shape index (κ1) is 19.9. The first-order valence-electron chi connectivity index (χ1n) is 8.61. The molecule has 0 N–H and O–H groups in total. The van der Waals surface area contributed by atoms with Crippen molar-refractivity contribution < 1.29 is 23.6 Å². The molecule has 0 aliphatic carbocycles. The number of ether oxygens (including phenoxy) is 2. The number of pyridine rings is 1. The monoisotopic (exact) mass is 398 g/mol. The maximum Gasteiger partial charge on any atom is 0.514 e. The molecular formula is C19H18N4O6. The van der Waals surface area contributed by atoms with E-state index in [9.17, 15) is 14.9 Å². The van der Waals surface area contributed by atoms with Crippen molar-refractivity contribution in [3.63, 3.8) is 0 Å². The standard InChI is InChI=1S/C19H18N4O6/c1-19(2,3)15(17-22-21-16(29-17)12-5-4-10-20-11-12)28-18(24)27-14-8-6-13(7-9-14)23(25)26/h4-11,15H,1-3H3/t15-/m0/s1. The molecule has 0 saturated carbocycles. The maximum absolute atomic E-state index is 12.3. The van der Waals surface area contributed by atoms with Gasteiger partial charge in [0.15, 0.2) is 6.10 Å². The van der Waals surface area contributed by atoms with Crippen LogP contribution in [0.2, 0.25) is 0 Å². The number of hydrogen-bond donors (Lipinski definition) is 0. The van der Waals surface area contributed by atoms with E-state index in [1.54, 1.807) is 24.5 Å². The Labute approximate surface area is 165 Å². The van der Waals surface area contributed by atoms with Crippen LogP contribution in [0.4, 0.5) is 10.5 Å². The summed E-state index contributed by atoms with van der Waals surface area (Å²) in [5.74, 6) is 0.460. The Balaban J connectivity index is 1.75. The van der Waals surface area contributed by atoms with Crippen LogP contribution in [0.1, 0.15) is 32.8 Å². The molecule has 10 heteroatoms. The third-order valence-electron chi connectivity index (χ3n) is 3.82. The lowest BCUT2D eigenvalue weighted by Gasteiger charge is -2.26. The second kappa shape index (κ2) is 8.05. The largest absolute Gasteiger partial charge is 0.514 e. The predicted molar refractivity (Wildman–Crippen MR) is 99.9 cm³/mol. The fourth-order valence-corrected chi connectivity index (χ4v) is 2.40. The van der Waals surface area contributed by atoms with Crippen molar-refractivity contribution in [3.8, 4) is 17.2 Å². The number of nitro benzene ring substituents is 1. The molecule has 29 heavy (non-hydrogen) atoms. The molecule has 3 aromatic rings. The smallest absolute Gasteiger partial charge is 0.420 e. The minimum absolute atomic E-state index is 0.106. The highest BCUT2D eigenvalue weighted by Crippen LogP contribution is 2.36. The zero-order chi connectivity index (χ0) is 21.0. The first-order valence-corrected chi connectivity index (χ1v) is 8.61. The average molecular weight is 398 g/mol. The number of non-ortho nitro benzene ring substituents is 1. The van der Waals surface area contributed by atoms with Crippen molar-refractivity contribution in [1.29, 1.82) is 0 Å². The van der Waals surface area contributed by atoms with Gasteiger partial charge in [0.25, 0.3) is 11.6 Å². The molecule has 1 aromatic carbocycles. The lowest BCUT2D eigenvalue weighted by atomic mass is 9.89. The van der Waals surface area contributed by atoms with Crippen LogP contribution in [0.15, 0.2) is 53.2 Å². The van der Waals surface area contributed by atoms with Crippen LogP contribution in [0.5, 0.6) is 5.75 Å². The van der Waals surface area contributed by atoms with Crippen molar-refractivity contribution in [3.05, 3.63) is 64.8 Å². The minimum atomic E-state index is -1.00. The van der Waals surface area contributed by atoms with Gasteiger partial charge >= 0.3 is 6.16 Å². The summed E-state index contributed by atoms with van der Waals surface area (Å²) >= 11 is 0. The number of nitrogens with zero attached hydrogens (tertiary/aromatic N) is 4. The number of aromatic nitrogens is 3. The van der Waals surface area contributed by atoms with E-state index in [0.29, 0.717) is 5.56 Å². The van der Waals surface area contributed by atoms with Gasteiger partial charge in [-0.05, 0) is 24.3 Å². The highest BCUT2D eigenvalue weighted by molar-refractivity contribution is 5.64. The molecule has 2 aromatic heterocycles. The SMILES string of the molecule is CC(C)(C)[C@@H](OC(=O)Oc1ccc([N+](=O)[O-])cc1)c1nnc(-c2cccnc2)o1. The van der Waals surface area contributed by atoms with Gasteiger partial charge in [0.05, 0.1) is 10.5 Å². The third-order valence-corrected chi connectivity index (χ3v) is 3.82. The van der Waals surface area contributed by atoms with Crippen LogP contribution in [-0.2, 0) is 4.74 Å². The van der Waals surface area contributed by atoms with Crippen molar-refractivity contribution in [2.45, 2.75) is 26.9 Å². The summed E-state index contributed by atoms with van der Waals surface area (Å²) in [7, 11) is 0. The van der Waals surface area contributed by atoms with Gasteiger partial charge in [0.1, 0.15) is 5.75 Å². The van der Waals surface area contributed by atoms with E-state index in [1.165, 1.54) is 24.3 Å². The van der Waals surface area contributed by atoms with Crippen LogP contribution in [0.25, 0.3) is 11.5 Å². The molecule has 0 unspecified atom stereocenters. The topological polar surface area (TPSA) is 130 Å². The Hall–Kier alpha value is -3.82. The van der Waals surface area contributed by atoms with Gasteiger partial charge in [0, 0.05) is 29.9 Å². The van der Waals surface area contributed by atoms with E-state index in [-0.39, 0.29) is 23.2 Å². The second-order valence-electron chi connectivity index (χ2n) is 7.15. The Bertz CT molecular complexity index is 996. The average Bonchev–Trinajstić information content (AvgIpc) is 3.16. The highest BCUT2D eigenvalue weighted by atomic mass is 16.7. The second-order valence-corrected chi connectivity index (χ2v) is 7.15. The number of rotatable bonds is 5. The molecule has 0 spiro atoms. The number of carbonyl (C=O) groups is 1. The molecular weight excluding hydrogens is 380 g/mol. The molecule has 10 nitrogen and oxygen atoms in total. The number of hydrogen-bond acceptors (Lipinski definition) is 9. The molecule has 150 valence electrons. The molecule has 0 bridgehead atoms. The van der Waals surface area contributed by atoms with Crippen LogP contribution >= 0.6 is 0 Å². The first-order chi connectivity index (χ1) is 13.7. The summed E-state index contributed by atoms with van der Waals surface area (Å²) < 4.78 is 16.2. The van der Waals surface area contributed by atoms with Gasteiger partial charge in [0.2, 0.25) is 5.89 Å². The number of nitro groups is 1. The molecule has 0 amide bonds. The lowest BCUT2D eigenvalue weighted by Crippen LogP contribution is -2.26. The molecule has 3 rings (SSSR count). The highest BCUT2D eigenvalue weighted by Gasteiger charge is 2.35. The maximum atomic E-state index is 12.3. The molecule has 0 aliphatic heterocycles. The molecule has 0 fully saturated rings. The Morgan fingerprint density at radius 1 is 1.17 bits per heavy atom. The number of carbonyl (C=O) groups excluding carboxylic acids is 1. The Morgan fingerprint density at radius 2 is 1.90 bits per heavy atom. The summed E-state index contributed by atoms with van der Waals surface area (Å²) in [6, 6.07) is 8.56. The molecule has 2 heterocycles. The van der Waals surface area contributed by atoms with Gasteiger partial charge in [-0.15, -0.1) is 10.2 Å². The van der Waals surface area contributed by atoms with Gasteiger partial charge in [-0.25, -0.2) is 4.79 Å². The molecule has 0 radical (unpaired) electrons. The van der Waals surface area contributed by atoms with E-state index in [4.69, 9.17) is 13.9 Å². The zero-order valence-corrected chi connectivity index (χ0v) is 15.9. The molecule has 1 atom stereocenters. The molecule has 0 saturated heterocycles. The van der Waals surface area contributed by atoms with Crippen molar-refractivity contribution in [2.24, 2.45) is 5.41 Å². The van der Waals surface area contributed by atoms with Crippen molar-refractivity contribution >= 4 is 11.8 Å². The normalized spacial score (nSPS) is 12.2. The number of benzene rings is 1. The third kappa shape index (κ3) is 4.92. The predicted octanol–water partition coefficient (Wildman–Crippen LogP) is 4.34. The van der Waals surface area contributed by atoms with E-state index in [2.05, 4.69) is 15.2 Å². The lowest BCUT2D eigenvalue weighted by molar-refractivity contribution is -0.384. The van der Waals surface area contributed by atoms with E-state index < -0.39 is 22.6 Å². The Kier molecular flexibility index (Phi) is 5.53. The zero-order valence-electron chi connectivity index (χ0n) is 15.9. The minimum Gasteiger partial charge on any atom is -0.420 e. The fourth-order valence-electron chi connectivity index (χ4n) is 2.40. The van der Waals surface area contributed by atoms with Crippen molar-refractivity contribution in [2.75, 3.05) is 0 Å². The van der Waals surface area contributed by atoms with Gasteiger partial charge in [-0.3, -0.25) is 15.1 Å². The van der Waals surface area contributed by atoms with Gasteiger partial charge in [-0.1, -0.05) is 20.8 Å². The van der Waals surface area contributed by atoms with Crippen LogP contribution in [-0.4, -0.2) is 26.3 Å². The van der Waals surface area contributed by atoms with Crippen LogP contribution in [0.3, 0.4) is 0 Å². The van der Waals surface area contributed by atoms with Crippen molar-refractivity contribution in [1.82, 2.24) is 15.2 Å². The van der Waals surface area contributed by atoms with Gasteiger partial charge < -0.3 is 13.9 Å². The summed E-state index contributed by atoms with van der Waals surface area (Å²) in [5.41, 5.74) is -0.0628. The fraction of sp³-hybridized carbons (Fsp3) is 0.263. The van der Waals surface area contributed by atoms with Gasteiger partial charge in [-0.2, -0.15) is 0 Å².